The number of Topliss-reactive ketones (excluding diaryl/α,β-unsaturated/α-hetero) is 1. The third-order valence-corrected chi connectivity index (χ3v) is 6.92. The summed E-state index contributed by atoms with van der Waals surface area (Å²) in [6.45, 7) is 10.7. The van der Waals surface area contributed by atoms with Crippen LogP contribution in [0.5, 0.6) is 11.5 Å². The normalized spacial score (nSPS) is 16.5. The van der Waals surface area contributed by atoms with Gasteiger partial charge >= 0.3 is 5.97 Å². The molecule has 0 saturated carbocycles. The maximum atomic E-state index is 13.6. The predicted molar refractivity (Wildman–Crippen MR) is 156 cm³/mol. The molecule has 1 N–H and O–H groups in total. The number of anilines is 1. The van der Waals surface area contributed by atoms with Gasteiger partial charge in [0.1, 0.15) is 17.3 Å². The van der Waals surface area contributed by atoms with Crippen molar-refractivity contribution in [3.63, 3.8) is 0 Å². The van der Waals surface area contributed by atoms with Gasteiger partial charge in [-0.15, -0.1) is 0 Å². The lowest BCUT2D eigenvalue weighted by atomic mass is 9.85. The Morgan fingerprint density at radius 1 is 0.902 bits per heavy atom. The summed E-state index contributed by atoms with van der Waals surface area (Å²) < 4.78 is 16.2. The molecule has 1 fully saturated rings. The Labute approximate surface area is 240 Å². The Hall–Kier alpha value is -4.59. The van der Waals surface area contributed by atoms with E-state index >= 15 is 0 Å². The van der Waals surface area contributed by atoms with Gasteiger partial charge in [0.05, 0.1) is 43.1 Å². The van der Waals surface area contributed by atoms with Crippen molar-refractivity contribution in [1.82, 2.24) is 0 Å². The van der Waals surface area contributed by atoms with E-state index < -0.39 is 23.7 Å². The van der Waals surface area contributed by atoms with E-state index in [1.54, 1.807) is 30.3 Å². The molecule has 1 unspecified atom stereocenters. The number of carbonyl (C=O) groups is 3. The third-order valence-electron chi connectivity index (χ3n) is 6.92. The van der Waals surface area contributed by atoms with Crippen molar-refractivity contribution in [2.24, 2.45) is 0 Å². The average molecular weight is 558 g/mol. The lowest BCUT2D eigenvalue weighted by Gasteiger charge is -2.27. The van der Waals surface area contributed by atoms with Crippen LogP contribution in [0.2, 0.25) is 0 Å². The van der Waals surface area contributed by atoms with Crippen LogP contribution in [0.3, 0.4) is 0 Å². The Balaban J connectivity index is 1.92. The van der Waals surface area contributed by atoms with E-state index in [-0.39, 0.29) is 22.3 Å². The van der Waals surface area contributed by atoms with Crippen molar-refractivity contribution in [1.29, 1.82) is 0 Å². The van der Waals surface area contributed by atoms with Gasteiger partial charge in [0.25, 0.3) is 11.7 Å². The molecule has 1 saturated heterocycles. The van der Waals surface area contributed by atoms with Crippen molar-refractivity contribution >= 4 is 29.1 Å². The first-order chi connectivity index (χ1) is 19.5. The van der Waals surface area contributed by atoms with Gasteiger partial charge < -0.3 is 19.3 Å². The lowest BCUT2D eigenvalue weighted by molar-refractivity contribution is -0.132. The first-order valence-corrected chi connectivity index (χ1v) is 13.5. The van der Waals surface area contributed by atoms with Gasteiger partial charge in [-0.1, -0.05) is 45.0 Å². The van der Waals surface area contributed by atoms with Crippen molar-refractivity contribution < 1.29 is 33.7 Å². The minimum absolute atomic E-state index is 0.0688. The molecule has 1 aliphatic rings. The van der Waals surface area contributed by atoms with Gasteiger partial charge in [0.2, 0.25) is 0 Å². The van der Waals surface area contributed by atoms with Crippen LogP contribution >= 0.6 is 0 Å². The summed E-state index contributed by atoms with van der Waals surface area (Å²) in [6, 6.07) is 17.9. The van der Waals surface area contributed by atoms with Crippen LogP contribution in [-0.2, 0) is 19.7 Å². The Bertz CT molecular complexity index is 1480. The zero-order valence-electron chi connectivity index (χ0n) is 24.2. The summed E-state index contributed by atoms with van der Waals surface area (Å²) in [4.78, 5) is 40.5. The summed E-state index contributed by atoms with van der Waals surface area (Å²) in [5.74, 6) is -1.63. The van der Waals surface area contributed by atoms with Gasteiger partial charge in [-0.05, 0) is 66.8 Å². The smallest absolute Gasteiger partial charge is 0.337 e. The fraction of sp³-hybridized carbons (Fsp3) is 0.303. The van der Waals surface area contributed by atoms with Gasteiger partial charge in [-0.25, -0.2) is 4.79 Å². The highest BCUT2D eigenvalue weighted by Gasteiger charge is 2.47. The Morgan fingerprint density at radius 2 is 1.54 bits per heavy atom. The number of aliphatic hydroxyl groups excluding tert-OH is 1. The van der Waals surface area contributed by atoms with E-state index in [0.717, 1.165) is 5.56 Å². The molecule has 0 spiro atoms. The Morgan fingerprint density at radius 3 is 2.10 bits per heavy atom. The number of amides is 1. The van der Waals surface area contributed by atoms with Gasteiger partial charge in [-0.2, -0.15) is 0 Å². The van der Waals surface area contributed by atoms with Crippen LogP contribution in [0.4, 0.5) is 5.69 Å². The molecule has 1 atom stereocenters. The van der Waals surface area contributed by atoms with E-state index in [1.807, 2.05) is 38.1 Å². The number of hydrogen-bond acceptors (Lipinski definition) is 7. The summed E-state index contributed by atoms with van der Waals surface area (Å²) >= 11 is 0. The second-order valence-electron chi connectivity index (χ2n) is 10.6. The molecule has 1 heterocycles. The average Bonchev–Trinajstić information content (AvgIpc) is 3.22. The summed E-state index contributed by atoms with van der Waals surface area (Å²) in [5.41, 5.74) is 2.49. The minimum atomic E-state index is -0.936. The topological polar surface area (TPSA) is 102 Å². The monoisotopic (exact) mass is 557 g/mol. The standard InChI is InChI=1S/C33H35NO7/c1-7-40-24-17-18-25(26(19-24)41-8-2)29(35)27-28(20-9-13-22(14-10-20)33(3,4)5)34(31(37)30(27)36)23-15-11-21(12-16-23)32(38)39-6/h9-19,28,35H,7-8H2,1-6H3/b29-27-. The highest BCUT2D eigenvalue weighted by molar-refractivity contribution is 6.51. The van der Waals surface area contributed by atoms with E-state index in [1.165, 1.54) is 24.1 Å². The largest absolute Gasteiger partial charge is 0.507 e. The summed E-state index contributed by atoms with van der Waals surface area (Å²) in [6.07, 6.45) is 0. The second kappa shape index (κ2) is 11.9. The highest BCUT2D eigenvalue weighted by Crippen LogP contribution is 2.44. The first kappa shape index (κ1) is 29.4. The van der Waals surface area contributed by atoms with Crippen molar-refractivity contribution in [2.45, 2.75) is 46.1 Å². The third kappa shape index (κ3) is 5.82. The van der Waals surface area contributed by atoms with E-state index in [2.05, 4.69) is 20.8 Å². The number of aliphatic hydroxyl groups is 1. The highest BCUT2D eigenvalue weighted by atomic mass is 16.5. The molecule has 0 bridgehead atoms. The molecule has 8 nitrogen and oxygen atoms in total. The number of methoxy groups -OCH3 is 1. The fourth-order valence-electron chi connectivity index (χ4n) is 4.83. The number of ether oxygens (including phenoxy) is 3. The zero-order chi connectivity index (χ0) is 29.9. The zero-order valence-corrected chi connectivity index (χ0v) is 24.2. The maximum Gasteiger partial charge on any atom is 0.337 e. The van der Waals surface area contributed by atoms with Gasteiger partial charge in [0, 0.05) is 11.8 Å². The Kier molecular flexibility index (Phi) is 8.52. The number of ketones is 1. The molecule has 8 heteroatoms. The number of rotatable bonds is 8. The van der Waals surface area contributed by atoms with Crippen LogP contribution < -0.4 is 14.4 Å². The summed E-state index contributed by atoms with van der Waals surface area (Å²) in [7, 11) is 1.29. The molecule has 3 aromatic carbocycles. The van der Waals surface area contributed by atoms with Crippen molar-refractivity contribution in [3.8, 4) is 11.5 Å². The van der Waals surface area contributed by atoms with E-state index in [9.17, 15) is 19.5 Å². The molecular formula is C33H35NO7. The van der Waals surface area contributed by atoms with Crippen molar-refractivity contribution in [2.75, 3.05) is 25.2 Å². The molecule has 0 radical (unpaired) electrons. The number of hydrogen-bond donors (Lipinski definition) is 1. The molecule has 41 heavy (non-hydrogen) atoms. The van der Waals surface area contributed by atoms with Crippen molar-refractivity contribution in [3.05, 3.63) is 94.6 Å². The number of nitrogens with zero attached hydrogens (tertiary/aromatic N) is 1. The number of benzene rings is 3. The lowest BCUT2D eigenvalue weighted by Crippen LogP contribution is -2.29. The van der Waals surface area contributed by atoms with Gasteiger partial charge in [-0.3, -0.25) is 14.5 Å². The van der Waals surface area contributed by atoms with E-state index in [0.29, 0.717) is 41.5 Å². The SMILES string of the molecule is CCOc1ccc(/C(O)=C2/C(=O)C(=O)N(c3ccc(C(=O)OC)cc3)C2c2ccc(C(C)(C)C)cc2)c(OCC)c1. The van der Waals surface area contributed by atoms with E-state index in [4.69, 9.17) is 14.2 Å². The number of carbonyl (C=O) groups excluding carboxylic acids is 3. The summed E-state index contributed by atoms with van der Waals surface area (Å²) in [5, 5.41) is 11.7. The number of esters is 1. The predicted octanol–water partition coefficient (Wildman–Crippen LogP) is 6.19. The van der Waals surface area contributed by atoms with Crippen LogP contribution in [-0.4, -0.2) is 43.1 Å². The molecule has 4 rings (SSSR count). The molecular weight excluding hydrogens is 522 g/mol. The molecule has 0 aromatic heterocycles. The van der Waals surface area contributed by atoms with Crippen LogP contribution in [0.15, 0.2) is 72.3 Å². The fourth-order valence-corrected chi connectivity index (χ4v) is 4.83. The van der Waals surface area contributed by atoms with Gasteiger partial charge in [0.15, 0.2) is 0 Å². The molecule has 0 aliphatic carbocycles. The molecule has 3 aromatic rings. The quantitative estimate of drug-likeness (QED) is 0.152. The minimum Gasteiger partial charge on any atom is -0.507 e. The first-order valence-electron chi connectivity index (χ1n) is 13.5. The van der Waals surface area contributed by atoms with Crippen LogP contribution in [0.25, 0.3) is 5.76 Å². The van der Waals surface area contributed by atoms with Crippen LogP contribution in [0.1, 0.15) is 67.7 Å². The van der Waals surface area contributed by atoms with Crippen LogP contribution in [0, 0.1) is 0 Å². The molecule has 1 amide bonds. The molecule has 214 valence electrons. The maximum absolute atomic E-state index is 13.6. The molecule has 1 aliphatic heterocycles. The second-order valence-corrected chi connectivity index (χ2v) is 10.6.